The van der Waals surface area contributed by atoms with Crippen LogP contribution in [-0.4, -0.2) is 38.5 Å². The van der Waals surface area contributed by atoms with E-state index in [0.717, 1.165) is 29.3 Å². The number of amides is 2. The highest BCUT2D eigenvalue weighted by molar-refractivity contribution is 7.90. The Hall–Kier alpha value is -4.11. The topological polar surface area (TPSA) is 106 Å². The van der Waals surface area contributed by atoms with Crippen LogP contribution in [0.3, 0.4) is 0 Å². The van der Waals surface area contributed by atoms with E-state index in [9.17, 15) is 18.0 Å². The van der Waals surface area contributed by atoms with Crippen molar-refractivity contribution in [2.75, 3.05) is 13.7 Å². The molecule has 1 aromatic heterocycles. The van der Waals surface area contributed by atoms with E-state index in [4.69, 9.17) is 4.74 Å². The van der Waals surface area contributed by atoms with E-state index >= 15 is 0 Å². The molecule has 2 N–H and O–H groups in total. The normalized spacial score (nSPS) is 11.5. The van der Waals surface area contributed by atoms with Gasteiger partial charge in [0, 0.05) is 40.3 Å². The third kappa shape index (κ3) is 6.54. The molecule has 3 aromatic carbocycles. The summed E-state index contributed by atoms with van der Waals surface area (Å²) in [6, 6.07) is 18.4. The van der Waals surface area contributed by atoms with Gasteiger partial charge < -0.3 is 14.6 Å². The Labute approximate surface area is 235 Å². The second-order valence-electron chi connectivity index (χ2n) is 10.1. The number of rotatable bonds is 11. The summed E-state index contributed by atoms with van der Waals surface area (Å²) in [6.07, 6.45) is 3.97. The van der Waals surface area contributed by atoms with Gasteiger partial charge in [0.15, 0.2) is 0 Å². The predicted molar refractivity (Wildman–Crippen MR) is 156 cm³/mol. The maximum Gasteiger partial charge on any atom is 0.265 e. The number of benzene rings is 3. The molecule has 0 bridgehead atoms. The van der Waals surface area contributed by atoms with Crippen molar-refractivity contribution in [3.63, 3.8) is 0 Å². The molecule has 0 fully saturated rings. The van der Waals surface area contributed by atoms with Crippen LogP contribution < -0.4 is 14.8 Å². The van der Waals surface area contributed by atoms with Crippen LogP contribution in [0.2, 0.25) is 0 Å². The molecule has 0 saturated carbocycles. The van der Waals surface area contributed by atoms with Crippen molar-refractivity contribution in [1.82, 2.24) is 14.6 Å². The highest BCUT2D eigenvalue weighted by Crippen LogP contribution is 2.28. The second kappa shape index (κ2) is 12.4. The van der Waals surface area contributed by atoms with Gasteiger partial charge in [0.1, 0.15) is 5.75 Å². The van der Waals surface area contributed by atoms with E-state index in [1.54, 1.807) is 30.3 Å². The number of aryl methyl sites for hydroxylation is 1. The van der Waals surface area contributed by atoms with Crippen molar-refractivity contribution in [1.29, 1.82) is 0 Å². The highest BCUT2D eigenvalue weighted by atomic mass is 32.2. The third-order valence-corrected chi connectivity index (χ3v) is 7.93. The van der Waals surface area contributed by atoms with Crippen LogP contribution in [0.4, 0.5) is 0 Å². The number of ether oxygens (including phenoxy) is 1. The molecule has 0 unspecified atom stereocenters. The summed E-state index contributed by atoms with van der Waals surface area (Å²) < 4.78 is 35.0. The molecule has 2 amide bonds. The summed E-state index contributed by atoms with van der Waals surface area (Å²) in [5.74, 6) is -0.0562. The molecule has 8 nitrogen and oxygen atoms in total. The largest absolute Gasteiger partial charge is 0.496 e. The van der Waals surface area contributed by atoms with Gasteiger partial charge in [-0.1, -0.05) is 57.5 Å². The molecular weight excluding hydrogens is 526 g/mol. The van der Waals surface area contributed by atoms with Crippen LogP contribution in [0.5, 0.6) is 5.75 Å². The molecule has 0 aliphatic heterocycles. The molecule has 40 heavy (non-hydrogen) atoms. The van der Waals surface area contributed by atoms with Gasteiger partial charge in [0.2, 0.25) is 0 Å². The van der Waals surface area contributed by atoms with Gasteiger partial charge in [-0.2, -0.15) is 0 Å². The fourth-order valence-electron chi connectivity index (χ4n) is 4.55. The first kappa shape index (κ1) is 28.9. The molecular formula is C31H35N3O5S. The maximum atomic E-state index is 12.8. The van der Waals surface area contributed by atoms with Crippen molar-refractivity contribution < 1.29 is 22.7 Å². The summed E-state index contributed by atoms with van der Waals surface area (Å²) in [4.78, 5) is 25.6. The van der Waals surface area contributed by atoms with Crippen molar-refractivity contribution in [2.45, 2.75) is 45.1 Å². The average molecular weight is 562 g/mol. The van der Waals surface area contributed by atoms with Crippen molar-refractivity contribution in [3.8, 4) is 5.75 Å². The summed E-state index contributed by atoms with van der Waals surface area (Å²) in [5, 5.41) is 4.06. The molecule has 1 heterocycles. The Balaban J connectivity index is 1.63. The molecule has 0 spiro atoms. The third-order valence-electron chi connectivity index (χ3n) is 6.59. The zero-order valence-corrected chi connectivity index (χ0v) is 24.0. The lowest BCUT2D eigenvalue weighted by atomic mass is 10.1. The number of methoxy groups -OCH3 is 1. The van der Waals surface area contributed by atoms with Gasteiger partial charge in [-0.15, -0.1) is 0 Å². The zero-order chi connectivity index (χ0) is 28.9. The summed E-state index contributed by atoms with van der Waals surface area (Å²) in [7, 11) is -2.50. The zero-order valence-electron chi connectivity index (χ0n) is 23.2. The Kier molecular flexibility index (Phi) is 8.94. The molecule has 0 aliphatic carbocycles. The Morgan fingerprint density at radius 3 is 2.30 bits per heavy atom. The maximum absolute atomic E-state index is 12.8. The highest BCUT2D eigenvalue weighted by Gasteiger charge is 2.20. The van der Waals surface area contributed by atoms with Crippen LogP contribution in [0.1, 0.15) is 59.0 Å². The molecule has 0 atom stereocenters. The van der Waals surface area contributed by atoms with E-state index in [0.29, 0.717) is 30.3 Å². The quantitative estimate of drug-likeness (QED) is 0.263. The summed E-state index contributed by atoms with van der Waals surface area (Å²) in [5.41, 5.74) is 3.67. The monoisotopic (exact) mass is 561 g/mol. The molecule has 210 valence electrons. The number of hydrogen-bond acceptors (Lipinski definition) is 5. The van der Waals surface area contributed by atoms with Crippen molar-refractivity contribution >= 4 is 32.7 Å². The van der Waals surface area contributed by atoms with Gasteiger partial charge in [0.05, 0.1) is 18.6 Å². The molecule has 0 saturated heterocycles. The molecule has 0 aliphatic rings. The van der Waals surface area contributed by atoms with E-state index < -0.39 is 15.9 Å². The number of carbonyl (C=O) groups excluding carboxylic acids is 2. The van der Waals surface area contributed by atoms with E-state index in [-0.39, 0.29) is 16.4 Å². The molecule has 0 radical (unpaired) electrons. The smallest absolute Gasteiger partial charge is 0.265 e. The first-order valence-electron chi connectivity index (χ1n) is 13.3. The first-order valence-corrected chi connectivity index (χ1v) is 14.8. The van der Waals surface area contributed by atoms with Crippen molar-refractivity contribution in [3.05, 3.63) is 95.2 Å². The van der Waals surface area contributed by atoms with Crippen LogP contribution in [-0.2, 0) is 23.0 Å². The summed E-state index contributed by atoms with van der Waals surface area (Å²) in [6.45, 7) is 7.27. The fourth-order valence-corrected chi connectivity index (χ4v) is 5.54. The number of nitrogens with zero attached hydrogens (tertiary/aromatic N) is 1. The summed E-state index contributed by atoms with van der Waals surface area (Å²) >= 11 is 0. The van der Waals surface area contributed by atoms with E-state index in [1.165, 1.54) is 30.9 Å². The first-order chi connectivity index (χ1) is 19.1. The van der Waals surface area contributed by atoms with Gasteiger partial charge in [-0.25, -0.2) is 13.1 Å². The lowest BCUT2D eigenvalue weighted by Crippen LogP contribution is -2.30. The van der Waals surface area contributed by atoms with Crippen LogP contribution in [0, 0.1) is 5.92 Å². The average Bonchev–Trinajstić information content (AvgIpc) is 3.28. The number of carbonyl (C=O) groups is 2. The molecule has 4 aromatic rings. The second-order valence-corrected chi connectivity index (χ2v) is 11.8. The lowest BCUT2D eigenvalue weighted by Gasteiger charge is -2.13. The Morgan fingerprint density at radius 1 is 0.925 bits per heavy atom. The Bertz CT molecular complexity index is 1630. The van der Waals surface area contributed by atoms with Gasteiger partial charge in [-0.05, 0) is 54.3 Å². The number of hydrogen-bond donors (Lipinski definition) is 2. The number of nitrogens with one attached hydrogen (secondary N) is 2. The van der Waals surface area contributed by atoms with Gasteiger partial charge in [0.25, 0.3) is 21.8 Å². The van der Waals surface area contributed by atoms with Crippen LogP contribution in [0.25, 0.3) is 10.9 Å². The Morgan fingerprint density at radius 2 is 1.62 bits per heavy atom. The number of sulfonamides is 1. The fraction of sp³-hybridized carbons (Fsp3) is 0.290. The van der Waals surface area contributed by atoms with Gasteiger partial charge >= 0.3 is 0 Å². The molecule has 4 rings (SSSR count). The molecule has 9 heteroatoms. The minimum Gasteiger partial charge on any atom is -0.496 e. The van der Waals surface area contributed by atoms with E-state index in [2.05, 4.69) is 41.6 Å². The minimum absolute atomic E-state index is 0.00608. The number of fused-ring (bicyclic) bond motifs is 1. The van der Waals surface area contributed by atoms with Crippen LogP contribution >= 0.6 is 0 Å². The van der Waals surface area contributed by atoms with E-state index in [1.807, 2.05) is 18.2 Å². The standard InChI is InChI=1S/C31H35N3O5S/c1-5-9-24-19-34(28-16-22(14-15-27(24)28)30(35)32-18-21(2)3)20-25-13-12-23(17-29(25)39-4)31(36)33-40(37,38)26-10-7-6-8-11-26/h6-8,10-17,19,21H,5,9,18,20H2,1-4H3,(H,32,35)(H,33,36). The van der Waals surface area contributed by atoms with Crippen LogP contribution in [0.15, 0.2) is 77.8 Å². The number of aromatic nitrogens is 1. The minimum atomic E-state index is -4.01. The predicted octanol–water partition coefficient (Wildman–Crippen LogP) is 5.16. The van der Waals surface area contributed by atoms with Gasteiger partial charge in [-0.3, -0.25) is 9.59 Å². The van der Waals surface area contributed by atoms with Crippen molar-refractivity contribution in [2.24, 2.45) is 5.92 Å². The SMILES string of the molecule is CCCc1cn(Cc2ccc(C(=O)NS(=O)(=O)c3ccccc3)cc2OC)c2cc(C(=O)NCC(C)C)ccc12. The lowest BCUT2D eigenvalue weighted by molar-refractivity contribution is 0.0947.